The van der Waals surface area contributed by atoms with Crippen LogP contribution in [0.15, 0.2) is 97.2 Å². The third-order valence-electron chi connectivity index (χ3n) is 13.5. The summed E-state index contributed by atoms with van der Waals surface area (Å²) in [6.07, 6.45) is 84.1. The molecule has 0 spiro atoms. The third kappa shape index (κ3) is 61.1. The van der Waals surface area contributed by atoms with Gasteiger partial charge in [-0.25, -0.2) is 0 Å². The Morgan fingerprint density at radius 2 is 0.547 bits per heavy atom. The van der Waals surface area contributed by atoms with Crippen LogP contribution in [0.3, 0.4) is 0 Å². The minimum Gasteiger partial charge on any atom is -0.462 e. The van der Waals surface area contributed by atoms with Crippen molar-refractivity contribution < 1.29 is 28.6 Å². The molecule has 6 nitrogen and oxygen atoms in total. The smallest absolute Gasteiger partial charge is 0.306 e. The van der Waals surface area contributed by atoms with E-state index in [0.717, 1.165) is 128 Å². The Morgan fingerprint density at radius 3 is 0.867 bits per heavy atom. The van der Waals surface area contributed by atoms with Gasteiger partial charge in [0.05, 0.1) is 0 Å². The topological polar surface area (TPSA) is 78.9 Å². The van der Waals surface area contributed by atoms with Gasteiger partial charge in [0.1, 0.15) is 13.2 Å². The monoisotopic (exact) mass is 1040 g/mol. The van der Waals surface area contributed by atoms with Gasteiger partial charge in [0.2, 0.25) is 0 Å². The van der Waals surface area contributed by atoms with Crippen LogP contribution < -0.4 is 0 Å². The van der Waals surface area contributed by atoms with E-state index < -0.39 is 6.10 Å². The van der Waals surface area contributed by atoms with Crippen LogP contribution in [-0.4, -0.2) is 37.2 Å². The van der Waals surface area contributed by atoms with Crippen LogP contribution in [0.1, 0.15) is 303 Å². The predicted molar refractivity (Wildman–Crippen MR) is 325 cm³/mol. The van der Waals surface area contributed by atoms with E-state index >= 15 is 0 Å². The van der Waals surface area contributed by atoms with E-state index in [1.807, 2.05) is 0 Å². The van der Waals surface area contributed by atoms with Gasteiger partial charge in [-0.2, -0.15) is 0 Å². The van der Waals surface area contributed by atoms with Crippen LogP contribution >= 0.6 is 0 Å². The molecule has 1 atom stereocenters. The first-order chi connectivity index (χ1) is 37.0. The molecule has 6 heteroatoms. The molecule has 75 heavy (non-hydrogen) atoms. The molecule has 0 aliphatic heterocycles. The highest BCUT2D eigenvalue weighted by molar-refractivity contribution is 5.71. The maximum atomic E-state index is 12.9. The van der Waals surface area contributed by atoms with Crippen molar-refractivity contribution in [3.05, 3.63) is 97.2 Å². The lowest BCUT2D eigenvalue weighted by molar-refractivity contribution is -0.167. The van der Waals surface area contributed by atoms with Crippen molar-refractivity contribution >= 4 is 17.9 Å². The zero-order chi connectivity index (χ0) is 54.3. The molecule has 0 rings (SSSR count). The molecule has 0 amide bonds. The fraction of sp³-hybridized carbons (Fsp3) is 0.725. The Labute approximate surface area is 464 Å². The van der Waals surface area contributed by atoms with Crippen molar-refractivity contribution in [2.24, 2.45) is 0 Å². The Hall–Kier alpha value is -3.67. The van der Waals surface area contributed by atoms with Crippen LogP contribution in [0.4, 0.5) is 0 Å². The summed E-state index contributed by atoms with van der Waals surface area (Å²) >= 11 is 0. The van der Waals surface area contributed by atoms with E-state index in [2.05, 4.69) is 118 Å². The van der Waals surface area contributed by atoms with E-state index in [1.54, 1.807) is 0 Å². The van der Waals surface area contributed by atoms with E-state index in [4.69, 9.17) is 14.2 Å². The Kier molecular flexibility index (Phi) is 59.8. The van der Waals surface area contributed by atoms with Crippen molar-refractivity contribution in [2.75, 3.05) is 13.2 Å². The summed E-state index contributed by atoms with van der Waals surface area (Å²) in [6.45, 7) is 6.45. The first-order valence-electron chi connectivity index (χ1n) is 31.7. The highest BCUT2D eigenvalue weighted by Gasteiger charge is 2.19. The lowest BCUT2D eigenvalue weighted by atomic mass is 10.0. The van der Waals surface area contributed by atoms with Gasteiger partial charge in [0, 0.05) is 19.3 Å². The fourth-order valence-corrected chi connectivity index (χ4v) is 8.80. The Morgan fingerprint density at radius 1 is 0.280 bits per heavy atom. The summed E-state index contributed by atoms with van der Waals surface area (Å²) in [6, 6.07) is 0. The maximum Gasteiger partial charge on any atom is 0.306 e. The summed E-state index contributed by atoms with van der Waals surface area (Å²) in [4.78, 5) is 38.3. The fourth-order valence-electron chi connectivity index (χ4n) is 8.80. The Bertz CT molecular complexity index is 1480. The first-order valence-corrected chi connectivity index (χ1v) is 31.7. The van der Waals surface area contributed by atoms with Crippen LogP contribution in [0.5, 0.6) is 0 Å². The van der Waals surface area contributed by atoms with Crippen LogP contribution in [0.25, 0.3) is 0 Å². The molecule has 0 saturated carbocycles. The molecule has 0 heterocycles. The summed E-state index contributed by atoms with van der Waals surface area (Å²) in [5, 5.41) is 0. The third-order valence-corrected chi connectivity index (χ3v) is 13.5. The minimum atomic E-state index is -0.791. The average molecular weight is 1040 g/mol. The number of carbonyl (C=O) groups is 3. The number of unbranched alkanes of at least 4 members (excludes halogenated alkanes) is 30. The van der Waals surface area contributed by atoms with Gasteiger partial charge in [0.15, 0.2) is 6.10 Å². The quantitative estimate of drug-likeness (QED) is 0.0261. The SMILES string of the molecule is CC/C=C\C/C=C\C/C=C\CCCCCCCCCC(=O)OC(COC(=O)CCCCCCC/C=C\C/C=C\CCC)COC(=O)CCCCCCCCCCCCCC/C=C\C/C=C\C/C=C\CCCCCCC. The number of hydrogen-bond donors (Lipinski definition) is 0. The number of rotatable bonds is 57. The highest BCUT2D eigenvalue weighted by atomic mass is 16.6. The number of carbonyl (C=O) groups excluding carboxylic acids is 3. The van der Waals surface area contributed by atoms with Gasteiger partial charge in [-0.3, -0.25) is 14.4 Å². The summed E-state index contributed by atoms with van der Waals surface area (Å²) < 4.78 is 16.9. The maximum absolute atomic E-state index is 12.9. The predicted octanol–water partition coefficient (Wildman–Crippen LogP) is 21.7. The molecule has 0 radical (unpaired) electrons. The molecule has 0 aliphatic carbocycles. The van der Waals surface area contributed by atoms with Gasteiger partial charge >= 0.3 is 17.9 Å². The molecule has 0 aromatic rings. The standard InChI is InChI=1S/C69H118O6/c1-4-7-10-13-16-19-22-25-27-29-30-31-32-33-34-35-36-37-38-40-41-44-47-50-53-56-59-62-68(71)74-65-66(64-73-67(70)61-58-55-52-49-46-43-24-21-18-15-12-9-6-3)75-69(72)63-60-57-54-51-48-45-42-39-28-26-23-20-17-14-11-8-5-2/h8,11-12,15,17,20-22,24-26,28-30,32-33,66H,4-7,9-10,13-14,16,18-19,23,27,31,34-65H2,1-3H3/b11-8-,15-12-,20-17-,24-21-,25-22-,28-26-,30-29-,33-32-. The van der Waals surface area contributed by atoms with Crippen LogP contribution in [0.2, 0.25) is 0 Å². The molecular weight excluding hydrogens is 925 g/mol. The summed E-state index contributed by atoms with van der Waals surface area (Å²) in [7, 11) is 0. The highest BCUT2D eigenvalue weighted by Crippen LogP contribution is 2.16. The van der Waals surface area contributed by atoms with Crippen molar-refractivity contribution in [1.82, 2.24) is 0 Å². The molecular formula is C69H118O6. The molecule has 0 bridgehead atoms. The molecule has 430 valence electrons. The van der Waals surface area contributed by atoms with Gasteiger partial charge in [-0.15, -0.1) is 0 Å². The van der Waals surface area contributed by atoms with Gasteiger partial charge < -0.3 is 14.2 Å². The molecule has 0 aromatic heterocycles. The van der Waals surface area contributed by atoms with E-state index in [-0.39, 0.29) is 31.1 Å². The average Bonchev–Trinajstić information content (AvgIpc) is 3.41. The zero-order valence-electron chi connectivity index (χ0n) is 49.3. The van der Waals surface area contributed by atoms with E-state index in [1.165, 1.54) is 135 Å². The number of ether oxygens (including phenoxy) is 3. The van der Waals surface area contributed by atoms with Crippen molar-refractivity contribution in [3.63, 3.8) is 0 Å². The van der Waals surface area contributed by atoms with Crippen LogP contribution in [-0.2, 0) is 28.6 Å². The Balaban J connectivity index is 4.29. The van der Waals surface area contributed by atoms with Crippen molar-refractivity contribution in [3.8, 4) is 0 Å². The van der Waals surface area contributed by atoms with Crippen molar-refractivity contribution in [2.45, 2.75) is 309 Å². The number of hydrogen-bond acceptors (Lipinski definition) is 6. The second-order valence-electron chi connectivity index (χ2n) is 20.9. The largest absolute Gasteiger partial charge is 0.462 e. The van der Waals surface area contributed by atoms with Crippen LogP contribution in [0, 0.1) is 0 Å². The summed E-state index contributed by atoms with van der Waals surface area (Å²) in [5.74, 6) is -0.906. The lowest BCUT2D eigenvalue weighted by Gasteiger charge is -2.18. The first kappa shape index (κ1) is 71.3. The minimum absolute atomic E-state index is 0.0868. The van der Waals surface area contributed by atoms with Gasteiger partial charge in [0.25, 0.3) is 0 Å². The molecule has 0 N–H and O–H groups in total. The van der Waals surface area contributed by atoms with Crippen molar-refractivity contribution in [1.29, 1.82) is 0 Å². The lowest BCUT2D eigenvalue weighted by Crippen LogP contribution is -2.30. The molecule has 0 fully saturated rings. The van der Waals surface area contributed by atoms with Gasteiger partial charge in [-0.05, 0) is 116 Å². The summed E-state index contributed by atoms with van der Waals surface area (Å²) in [5.41, 5.74) is 0. The molecule has 1 unspecified atom stereocenters. The molecule has 0 aliphatic rings. The second-order valence-corrected chi connectivity index (χ2v) is 20.9. The zero-order valence-corrected chi connectivity index (χ0v) is 49.3. The normalized spacial score (nSPS) is 12.7. The number of allylic oxidation sites excluding steroid dienone is 16. The van der Waals surface area contributed by atoms with Gasteiger partial charge in [-0.1, -0.05) is 266 Å². The second kappa shape index (κ2) is 62.9. The molecule has 0 saturated heterocycles. The molecule has 0 aromatic carbocycles. The number of esters is 3. The van der Waals surface area contributed by atoms with E-state index in [0.29, 0.717) is 19.3 Å². The van der Waals surface area contributed by atoms with E-state index in [9.17, 15) is 14.4 Å².